The van der Waals surface area contributed by atoms with Crippen molar-refractivity contribution >= 4 is 35.1 Å². The minimum absolute atomic E-state index is 0.0319. The Hall–Kier alpha value is -7.00. The summed E-state index contributed by atoms with van der Waals surface area (Å²) in [5.74, 6) is -2.61. The van der Waals surface area contributed by atoms with E-state index < -0.39 is 23.8 Å². The van der Waals surface area contributed by atoms with Crippen LogP contribution in [0.15, 0.2) is 146 Å². The standard InChI is InChI=1S/C40H28N2O7/c43-37(35-23-27(11-21-33(35)39(45)46)25-7-3-1-4-8-25)41-29-13-17-31(18-14-29)49-32-19-15-30(16-20-32)42-38(44)36-24-28(12-22-34(36)40(47)48)26-9-5-2-6-10-26/h1-24H,(H,41,43)(H,42,44)(H,45,46)(H,47,48). The topological polar surface area (TPSA) is 142 Å². The molecule has 2 amide bonds. The largest absolute Gasteiger partial charge is 0.478 e. The molecule has 0 aliphatic carbocycles. The number of aromatic carboxylic acids is 2. The predicted octanol–water partition coefficient (Wildman–Crippen LogP) is 8.71. The van der Waals surface area contributed by atoms with E-state index in [1.165, 1.54) is 12.1 Å². The number of benzene rings is 6. The molecule has 4 N–H and O–H groups in total. The van der Waals surface area contributed by atoms with Crippen molar-refractivity contribution in [2.45, 2.75) is 0 Å². The number of hydrogen-bond acceptors (Lipinski definition) is 5. The van der Waals surface area contributed by atoms with E-state index >= 15 is 0 Å². The van der Waals surface area contributed by atoms with Crippen LogP contribution >= 0.6 is 0 Å². The van der Waals surface area contributed by atoms with Gasteiger partial charge in [0.15, 0.2) is 0 Å². The second-order valence-electron chi connectivity index (χ2n) is 10.9. The zero-order chi connectivity index (χ0) is 34.3. The first-order chi connectivity index (χ1) is 23.7. The van der Waals surface area contributed by atoms with Gasteiger partial charge in [-0.15, -0.1) is 0 Å². The Balaban J connectivity index is 1.11. The smallest absolute Gasteiger partial charge is 0.336 e. The molecule has 6 aromatic carbocycles. The minimum Gasteiger partial charge on any atom is -0.478 e. The third-order valence-electron chi connectivity index (χ3n) is 7.66. The molecule has 0 atom stereocenters. The number of anilines is 2. The molecule has 0 aliphatic heterocycles. The number of carboxylic acids is 2. The Morgan fingerprint density at radius 1 is 0.408 bits per heavy atom. The molecule has 9 nitrogen and oxygen atoms in total. The zero-order valence-electron chi connectivity index (χ0n) is 25.8. The summed E-state index contributed by atoms with van der Waals surface area (Å²) in [4.78, 5) is 50.0. The van der Waals surface area contributed by atoms with Crippen LogP contribution in [0.5, 0.6) is 11.5 Å². The van der Waals surface area contributed by atoms with Gasteiger partial charge in [-0.2, -0.15) is 0 Å². The van der Waals surface area contributed by atoms with Crippen molar-refractivity contribution in [3.05, 3.63) is 168 Å². The molecule has 0 spiro atoms. The lowest BCUT2D eigenvalue weighted by atomic mass is 9.98. The molecule has 0 saturated heterocycles. The van der Waals surface area contributed by atoms with E-state index in [1.807, 2.05) is 60.7 Å². The highest BCUT2D eigenvalue weighted by atomic mass is 16.5. The number of carboxylic acid groups (broad SMARTS) is 2. The fraction of sp³-hybridized carbons (Fsp3) is 0. The summed E-state index contributed by atoms with van der Waals surface area (Å²) in [6, 6.07) is 41.1. The highest BCUT2D eigenvalue weighted by Gasteiger charge is 2.19. The first kappa shape index (κ1) is 32.0. The SMILES string of the molecule is O=C(O)c1ccc(-c2ccccc2)cc1C(=O)Nc1ccc(Oc2ccc(NC(=O)c3cc(-c4ccccc4)ccc3C(=O)O)cc2)cc1. The van der Waals surface area contributed by atoms with Gasteiger partial charge in [0.05, 0.1) is 22.3 Å². The van der Waals surface area contributed by atoms with Crippen LogP contribution in [-0.4, -0.2) is 34.0 Å². The first-order valence-electron chi connectivity index (χ1n) is 15.1. The lowest BCUT2D eigenvalue weighted by Crippen LogP contribution is -2.16. The van der Waals surface area contributed by atoms with Gasteiger partial charge < -0.3 is 25.6 Å². The van der Waals surface area contributed by atoms with Crippen LogP contribution in [0.2, 0.25) is 0 Å². The summed E-state index contributed by atoms with van der Waals surface area (Å²) in [7, 11) is 0. The summed E-state index contributed by atoms with van der Waals surface area (Å²) in [6.07, 6.45) is 0. The minimum atomic E-state index is -1.21. The molecule has 0 heterocycles. The molecule has 6 rings (SSSR count). The average Bonchev–Trinajstić information content (AvgIpc) is 3.13. The molecule has 0 fully saturated rings. The van der Waals surface area contributed by atoms with Crippen LogP contribution in [0.4, 0.5) is 11.4 Å². The number of nitrogens with one attached hydrogen (secondary N) is 2. The summed E-state index contributed by atoms with van der Waals surface area (Å²) < 4.78 is 5.92. The van der Waals surface area contributed by atoms with Crippen molar-refractivity contribution < 1.29 is 34.1 Å². The lowest BCUT2D eigenvalue weighted by Gasteiger charge is -2.12. The fourth-order valence-electron chi connectivity index (χ4n) is 5.20. The average molecular weight is 649 g/mol. The highest BCUT2D eigenvalue weighted by molar-refractivity contribution is 6.12. The Labute approximate surface area is 281 Å². The number of carbonyl (C=O) groups excluding carboxylic acids is 2. The monoisotopic (exact) mass is 648 g/mol. The molecule has 0 aliphatic rings. The number of carbonyl (C=O) groups is 4. The van der Waals surface area contributed by atoms with Crippen molar-refractivity contribution in [3.63, 3.8) is 0 Å². The number of rotatable bonds is 10. The molecule has 49 heavy (non-hydrogen) atoms. The van der Waals surface area contributed by atoms with E-state index in [1.54, 1.807) is 72.8 Å². The molecule has 0 radical (unpaired) electrons. The van der Waals surface area contributed by atoms with Crippen LogP contribution in [0.1, 0.15) is 41.4 Å². The lowest BCUT2D eigenvalue weighted by molar-refractivity contribution is 0.0683. The van der Waals surface area contributed by atoms with Crippen molar-refractivity contribution in [1.29, 1.82) is 0 Å². The van der Waals surface area contributed by atoms with Crippen molar-refractivity contribution in [2.24, 2.45) is 0 Å². The molecular formula is C40H28N2O7. The normalized spacial score (nSPS) is 10.5. The quantitative estimate of drug-likeness (QED) is 0.116. The third kappa shape index (κ3) is 7.53. The summed E-state index contributed by atoms with van der Waals surface area (Å²) in [5, 5.41) is 24.8. The van der Waals surface area contributed by atoms with Crippen molar-refractivity contribution in [2.75, 3.05) is 10.6 Å². The van der Waals surface area contributed by atoms with Crippen LogP contribution in [0.3, 0.4) is 0 Å². The maximum atomic E-state index is 13.2. The van der Waals surface area contributed by atoms with E-state index in [2.05, 4.69) is 10.6 Å². The highest BCUT2D eigenvalue weighted by Crippen LogP contribution is 2.28. The fourth-order valence-corrected chi connectivity index (χ4v) is 5.20. The second-order valence-corrected chi connectivity index (χ2v) is 10.9. The number of ether oxygens (including phenoxy) is 1. The van der Waals surface area contributed by atoms with Crippen LogP contribution in [0, 0.1) is 0 Å². The molecule has 0 bridgehead atoms. The summed E-state index contributed by atoms with van der Waals surface area (Å²) in [6.45, 7) is 0. The summed E-state index contributed by atoms with van der Waals surface area (Å²) in [5.41, 5.74) is 3.86. The van der Waals surface area contributed by atoms with E-state index in [-0.39, 0.29) is 22.3 Å². The van der Waals surface area contributed by atoms with Gasteiger partial charge in [-0.25, -0.2) is 9.59 Å². The Bertz CT molecular complexity index is 2010. The van der Waals surface area contributed by atoms with Crippen LogP contribution in [0.25, 0.3) is 22.3 Å². The second kappa shape index (κ2) is 14.2. The van der Waals surface area contributed by atoms with Gasteiger partial charge in [-0.05, 0) is 95.1 Å². The van der Waals surface area contributed by atoms with Gasteiger partial charge in [0.1, 0.15) is 11.5 Å². The zero-order valence-corrected chi connectivity index (χ0v) is 25.8. The van der Waals surface area contributed by atoms with E-state index in [0.29, 0.717) is 34.0 Å². The van der Waals surface area contributed by atoms with Crippen LogP contribution < -0.4 is 15.4 Å². The molecule has 240 valence electrons. The number of amides is 2. The van der Waals surface area contributed by atoms with Gasteiger partial charge in [-0.3, -0.25) is 9.59 Å². The molecular weight excluding hydrogens is 620 g/mol. The molecule has 0 aromatic heterocycles. The maximum Gasteiger partial charge on any atom is 0.336 e. The Kier molecular flexibility index (Phi) is 9.25. The maximum absolute atomic E-state index is 13.2. The summed E-state index contributed by atoms with van der Waals surface area (Å²) >= 11 is 0. The van der Waals surface area contributed by atoms with Gasteiger partial charge in [-0.1, -0.05) is 72.8 Å². The Morgan fingerprint density at radius 2 is 0.776 bits per heavy atom. The van der Waals surface area contributed by atoms with Gasteiger partial charge in [0, 0.05) is 11.4 Å². The predicted molar refractivity (Wildman–Crippen MR) is 187 cm³/mol. The van der Waals surface area contributed by atoms with E-state index in [9.17, 15) is 29.4 Å². The molecule has 0 saturated carbocycles. The van der Waals surface area contributed by atoms with Crippen molar-refractivity contribution in [1.82, 2.24) is 0 Å². The van der Waals surface area contributed by atoms with Crippen molar-refractivity contribution in [3.8, 4) is 33.8 Å². The first-order valence-corrected chi connectivity index (χ1v) is 15.1. The van der Waals surface area contributed by atoms with E-state index in [4.69, 9.17) is 4.74 Å². The van der Waals surface area contributed by atoms with Gasteiger partial charge in [0.2, 0.25) is 0 Å². The van der Waals surface area contributed by atoms with Crippen LogP contribution in [-0.2, 0) is 0 Å². The van der Waals surface area contributed by atoms with Gasteiger partial charge in [0.25, 0.3) is 11.8 Å². The van der Waals surface area contributed by atoms with Gasteiger partial charge >= 0.3 is 11.9 Å². The third-order valence-corrected chi connectivity index (χ3v) is 7.66. The van der Waals surface area contributed by atoms with E-state index in [0.717, 1.165) is 11.1 Å². The molecule has 6 aromatic rings. The molecule has 9 heteroatoms. The number of hydrogen-bond donors (Lipinski definition) is 4. The Morgan fingerprint density at radius 3 is 1.12 bits per heavy atom. The molecule has 0 unspecified atom stereocenters.